The highest BCUT2D eigenvalue weighted by atomic mass is 79.9. The van der Waals surface area contributed by atoms with Crippen molar-refractivity contribution in [3.05, 3.63) is 28.5 Å². The number of halogens is 2. The Labute approximate surface area is 121 Å². The van der Waals surface area contributed by atoms with Crippen LogP contribution in [0.25, 0.3) is 0 Å². The van der Waals surface area contributed by atoms with Crippen molar-refractivity contribution in [3.63, 3.8) is 0 Å². The lowest BCUT2D eigenvalue weighted by molar-refractivity contribution is 0.0304. The minimum atomic E-state index is -0.306. The topological polar surface area (TPSA) is 32.7 Å². The van der Waals surface area contributed by atoms with Crippen LogP contribution >= 0.6 is 15.9 Å². The Balaban J connectivity index is 1.77. The smallest absolute Gasteiger partial charge is 0.128 e. The molecule has 0 amide bonds. The average molecular weight is 332 g/mol. The zero-order valence-corrected chi connectivity index (χ0v) is 12.6. The number of ether oxygens (including phenoxy) is 1. The minimum Gasteiger partial charge on any atom is -0.492 e. The molecule has 1 saturated heterocycles. The van der Waals surface area contributed by atoms with Crippen molar-refractivity contribution in [3.8, 4) is 5.75 Å². The van der Waals surface area contributed by atoms with Gasteiger partial charge in [-0.25, -0.2) is 4.39 Å². The molecule has 1 fully saturated rings. The van der Waals surface area contributed by atoms with E-state index in [0.29, 0.717) is 22.7 Å². The second kappa shape index (κ2) is 6.68. The highest BCUT2D eigenvalue weighted by Gasteiger charge is 2.23. The Morgan fingerprint density at radius 3 is 2.95 bits per heavy atom. The summed E-state index contributed by atoms with van der Waals surface area (Å²) in [7, 11) is 0. The van der Waals surface area contributed by atoms with Gasteiger partial charge in [-0.15, -0.1) is 0 Å². The van der Waals surface area contributed by atoms with Crippen molar-refractivity contribution in [1.29, 1.82) is 0 Å². The molecule has 1 aliphatic rings. The first-order valence-corrected chi connectivity index (χ1v) is 7.33. The summed E-state index contributed by atoms with van der Waals surface area (Å²) in [4.78, 5) is 2.27. The molecule has 0 radical (unpaired) electrons. The van der Waals surface area contributed by atoms with Crippen molar-refractivity contribution in [2.45, 2.75) is 19.4 Å². The molecular formula is C14H19BrFNO2. The third kappa shape index (κ3) is 4.44. The maximum absolute atomic E-state index is 13.2. The fourth-order valence-corrected chi connectivity index (χ4v) is 2.77. The molecule has 1 aromatic rings. The monoisotopic (exact) mass is 331 g/mol. The number of piperidine rings is 1. The first-order valence-electron chi connectivity index (χ1n) is 6.54. The van der Waals surface area contributed by atoms with Gasteiger partial charge in [-0.3, -0.25) is 4.90 Å². The maximum Gasteiger partial charge on any atom is 0.128 e. The number of nitrogens with zero attached hydrogens (tertiary/aromatic N) is 1. The Morgan fingerprint density at radius 1 is 1.47 bits per heavy atom. The number of benzene rings is 1. The van der Waals surface area contributed by atoms with E-state index < -0.39 is 0 Å². The average Bonchev–Trinajstić information content (AvgIpc) is 2.32. The largest absolute Gasteiger partial charge is 0.492 e. The van der Waals surface area contributed by atoms with Crippen LogP contribution in [0.1, 0.15) is 13.3 Å². The predicted octanol–water partition coefficient (Wildman–Crippen LogP) is 2.67. The molecule has 106 valence electrons. The van der Waals surface area contributed by atoms with E-state index in [4.69, 9.17) is 4.74 Å². The third-order valence-corrected chi connectivity index (χ3v) is 3.91. The zero-order chi connectivity index (χ0) is 13.8. The van der Waals surface area contributed by atoms with Gasteiger partial charge in [-0.2, -0.15) is 0 Å². The van der Waals surface area contributed by atoms with Crippen molar-refractivity contribution in [2.75, 3.05) is 26.2 Å². The first kappa shape index (κ1) is 14.8. The molecule has 19 heavy (non-hydrogen) atoms. The fourth-order valence-electron chi connectivity index (χ4n) is 2.33. The van der Waals surface area contributed by atoms with Crippen molar-refractivity contribution >= 4 is 15.9 Å². The van der Waals surface area contributed by atoms with Gasteiger partial charge >= 0.3 is 0 Å². The summed E-state index contributed by atoms with van der Waals surface area (Å²) in [5, 5.41) is 9.66. The van der Waals surface area contributed by atoms with Crippen molar-refractivity contribution in [1.82, 2.24) is 4.90 Å². The molecule has 0 bridgehead atoms. The molecule has 1 N–H and O–H groups in total. The van der Waals surface area contributed by atoms with Crippen LogP contribution in [-0.2, 0) is 0 Å². The lowest BCUT2D eigenvalue weighted by Crippen LogP contribution is -2.43. The van der Waals surface area contributed by atoms with Gasteiger partial charge < -0.3 is 9.84 Å². The number of aliphatic hydroxyl groups excluding tert-OH is 1. The lowest BCUT2D eigenvalue weighted by atomic mass is 9.97. The van der Waals surface area contributed by atoms with Gasteiger partial charge in [-0.1, -0.05) is 22.9 Å². The van der Waals surface area contributed by atoms with E-state index in [-0.39, 0.29) is 11.9 Å². The van der Waals surface area contributed by atoms with E-state index in [9.17, 15) is 9.50 Å². The zero-order valence-electron chi connectivity index (χ0n) is 11.0. The fraction of sp³-hybridized carbons (Fsp3) is 0.571. The van der Waals surface area contributed by atoms with E-state index in [1.165, 1.54) is 12.1 Å². The molecule has 2 unspecified atom stereocenters. The summed E-state index contributed by atoms with van der Waals surface area (Å²) in [6.45, 7) is 5.16. The highest BCUT2D eigenvalue weighted by Crippen LogP contribution is 2.21. The summed E-state index contributed by atoms with van der Waals surface area (Å²) >= 11 is 3.24. The molecule has 0 spiro atoms. The van der Waals surface area contributed by atoms with Crippen LogP contribution in [-0.4, -0.2) is 42.4 Å². The Kier molecular flexibility index (Phi) is 5.19. The summed E-state index contributed by atoms with van der Waals surface area (Å²) < 4.78 is 19.4. The molecule has 1 aromatic carbocycles. The molecule has 2 rings (SSSR count). The van der Waals surface area contributed by atoms with Crippen molar-refractivity contribution in [2.24, 2.45) is 5.92 Å². The van der Waals surface area contributed by atoms with Gasteiger partial charge in [0.15, 0.2) is 0 Å². The number of hydrogen-bond donors (Lipinski definition) is 1. The van der Waals surface area contributed by atoms with Crippen LogP contribution in [0.2, 0.25) is 0 Å². The molecule has 5 heteroatoms. The van der Waals surface area contributed by atoms with E-state index >= 15 is 0 Å². The summed E-state index contributed by atoms with van der Waals surface area (Å²) in [6, 6.07) is 4.54. The standard InChI is InChI=1S/C14H19BrFNO2/c1-10-9-17(3-2-14(10)18)4-5-19-13-7-11(15)6-12(16)8-13/h6-8,10,14,18H,2-5,9H2,1H3. The van der Waals surface area contributed by atoms with Gasteiger partial charge in [0, 0.05) is 30.2 Å². The summed E-state index contributed by atoms with van der Waals surface area (Å²) in [6.07, 6.45) is 0.628. The van der Waals surface area contributed by atoms with E-state index in [1.807, 2.05) is 0 Å². The second-order valence-corrected chi connectivity index (χ2v) is 6.00. The molecule has 0 saturated carbocycles. The van der Waals surface area contributed by atoms with Gasteiger partial charge in [0.1, 0.15) is 18.2 Å². The first-order chi connectivity index (χ1) is 9.04. The molecule has 3 nitrogen and oxygen atoms in total. The molecule has 0 aromatic heterocycles. The maximum atomic E-state index is 13.2. The van der Waals surface area contributed by atoms with Crippen LogP contribution in [0.15, 0.2) is 22.7 Å². The molecular weight excluding hydrogens is 313 g/mol. The second-order valence-electron chi connectivity index (χ2n) is 5.09. The minimum absolute atomic E-state index is 0.184. The van der Waals surface area contributed by atoms with E-state index in [2.05, 4.69) is 27.8 Å². The van der Waals surface area contributed by atoms with Crippen LogP contribution in [0.3, 0.4) is 0 Å². The number of likely N-dealkylation sites (tertiary alicyclic amines) is 1. The van der Waals surface area contributed by atoms with E-state index in [0.717, 1.165) is 26.1 Å². The normalized spacial score (nSPS) is 24.4. The van der Waals surface area contributed by atoms with Crippen LogP contribution in [0.4, 0.5) is 4.39 Å². The Morgan fingerprint density at radius 2 is 2.26 bits per heavy atom. The summed E-state index contributed by atoms with van der Waals surface area (Å²) in [5.41, 5.74) is 0. The number of rotatable bonds is 4. The SMILES string of the molecule is CC1CN(CCOc2cc(F)cc(Br)c2)CCC1O. The third-order valence-electron chi connectivity index (χ3n) is 3.46. The number of hydrogen-bond acceptors (Lipinski definition) is 3. The number of aliphatic hydroxyl groups is 1. The molecule has 2 atom stereocenters. The quantitative estimate of drug-likeness (QED) is 0.920. The van der Waals surface area contributed by atoms with Gasteiger partial charge in [0.25, 0.3) is 0 Å². The van der Waals surface area contributed by atoms with Gasteiger partial charge in [0.05, 0.1) is 6.10 Å². The lowest BCUT2D eigenvalue weighted by Gasteiger charge is -2.34. The van der Waals surface area contributed by atoms with Crippen LogP contribution in [0, 0.1) is 11.7 Å². The molecule has 0 aliphatic carbocycles. The molecule has 1 aliphatic heterocycles. The van der Waals surface area contributed by atoms with Crippen LogP contribution < -0.4 is 4.74 Å². The van der Waals surface area contributed by atoms with Gasteiger partial charge in [-0.05, 0) is 24.5 Å². The Hall–Kier alpha value is -0.650. The predicted molar refractivity (Wildman–Crippen MR) is 75.8 cm³/mol. The highest BCUT2D eigenvalue weighted by molar-refractivity contribution is 9.10. The Bertz CT molecular complexity index is 410. The van der Waals surface area contributed by atoms with E-state index in [1.54, 1.807) is 6.07 Å². The van der Waals surface area contributed by atoms with Gasteiger partial charge in [0.2, 0.25) is 0 Å². The van der Waals surface area contributed by atoms with Crippen LogP contribution in [0.5, 0.6) is 5.75 Å². The summed E-state index contributed by atoms with van der Waals surface area (Å²) in [5.74, 6) is 0.535. The van der Waals surface area contributed by atoms with Crippen molar-refractivity contribution < 1.29 is 14.2 Å². The molecule has 1 heterocycles.